The first kappa shape index (κ1) is 17.7. The van der Waals surface area contributed by atoms with Gasteiger partial charge in [-0.1, -0.05) is 42.5 Å². The van der Waals surface area contributed by atoms with E-state index in [0.717, 1.165) is 26.4 Å². The first-order chi connectivity index (χ1) is 13.2. The number of hydrogen-bond acceptors (Lipinski definition) is 5. The van der Waals surface area contributed by atoms with Gasteiger partial charge in [-0.2, -0.15) is 9.78 Å². The number of thiophene rings is 1. The van der Waals surface area contributed by atoms with Crippen molar-refractivity contribution in [3.63, 3.8) is 0 Å². The summed E-state index contributed by atoms with van der Waals surface area (Å²) in [5, 5.41) is 4.97. The Bertz CT molecular complexity index is 1180. The van der Waals surface area contributed by atoms with E-state index in [4.69, 9.17) is 0 Å². The van der Waals surface area contributed by atoms with E-state index in [9.17, 15) is 4.79 Å². The molecular weight excluding hydrogens is 374 g/mol. The topological polar surface area (TPSA) is 47.2 Å². The van der Waals surface area contributed by atoms with Crippen LogP contribution in [0.3, 0.4) is 0 Å². The van der Waals surface area contributed by atoms with Crippen molar-refractivity contribution >= 4 is 39.5 Å². The van der Waals surface area contributed by atoms with E-state index in [-0.39, 0.29) is 5.56 Å². The Morgan fingerprint density at radius 2 is 1.85 bits per heavy atom. The molecular formula is C21H17N3OS2. The zero-order chi connectivity index (χ0) is 18.8. The van der Waals surface area contributed by atoms with Gasteiger partial charge in [0.1, 0.15) is 11.2 Å². The Balaban J connectivity index is 1.80. The Morgan fingerprint density at radius 3 is 2.56 bits per heavy atom. The highest BCUT2D eigenvalue weighted by Crippen LogP contribution is 2.35. The summed E-state index contributed by atoms with van der Waals surface area (Å²) in [5.41, 5.74) is 2.75. The minimum Gasteiger partial charge on any atom is -0.267 e. The van der Waals surface area contributed by atoms with Crippen molar-refractivity contribution in [2.75, 3.05) is 6.26 Å². The zero-order valence-electron chi connectivity index (χ0n) is 14.9. The molecule has 0 N–H and O–H groups in total. The minimum absolute atomic E-state index is 0.153. The largest absolute Gasteiger partial charge is 0.283 e. The van der Waals surface area contributed by atoms with Crippen LogP contribution in [0.5, 0.6) is 0 Å². The van der Waals surface area contributed by atoms with Gasteiger partial charge in [-0.3, -0.25) is 4.79 Å². The second kappa shape index (κ2) is 7.50. The fourth-order valence-electron chi connectivity index (χ4n) is 2.95. The van der Waals surface area contributed by atoms with Crippen molar-refractivity contribution in [1.29, 1.82) is 0 Å². The van der Waals surface area contributed by atoms with Crippen LogP contribution in [0, 0.1) is 6.92 Å². The Hall–Kier alpha value is -2.70. The number of fused-ring (bicyclic) bond motifs is 1. The van der Waals surface area contributed by atoms with Crippen LogP contribution in [-0.2, 0) is 0 Å². The number of hydrogen-bond donors (Lipinski definition) is 0. The Morgan fingerprint density at radius 1 is 1.11 bits per heavy atom. The molecule has 27 heavy (non-hydrogen) atoms. The van der Waals surface area contributed by atoms with E-state index in [1.807, 2.05) is 67.8 Å². The van der Waals surface area contributed by atoms with Gasteiger partial charge in [-0.15, -0.1) is 23.1 Å². The molecule has 0 unspecified atom stereocenters. The summed E-state index contributed by atoms with van der Waals surface area (Å²) in [6.07, 6.45) is 5.21. The van der Waals surface area contributed by atoms with Gasteiger partial charge in [0, 0.05) is 15.3 Å². The molecule has 0 fully saturated rings. The summed E-state index contributed by atoms with van der Waals surface area (Å²) in [6.45, 7) is 2.02. The molecule has 2 heterocycles. The Labute approximate surface area is 165 Å². The van der Waals surface area contributed by atoms with Gasteiger partial charge < -0.3 is 0 Å². The molecule has 0 atom stereocenters. The van der Waals surface area contributed by atoms with Gasteiger partial charge in [0.15, 0.2) is 0 Å². The molecule has 4 rings (SSSR count). The maximum Gasteiger partial charge on any atom is 0.283 e. The molecule has 134 valence electrons. The molecule has 0 aliphatic carbocycles. The van der Waals surface area contributed by atoms with Crippen molar-refractivity contribution < 1.29 is 0 Å². The summed E-state index contributed by atoms with van der Waals surface area (Å²) < 4.78 is 1.31. The highest BCUT2D eigenvalue weighted by molar-refractivity contribution is 7.98. The molecule has 0 spiro atoms. The first-order valence-electron chi connectivity index (χ1n) is 8.42. The maximum atomic E-state index is 13.1. The van der Waals surface area contributed by atoms with E-state index in [0.29, 0.717) is 5.39 Å². The van der Waals surface area contributed by atoms with Crippen molar-refractivity contribution in [3.8, 4) is 11.1 Å². The lowest BCUT2D eigenvalue weighted by Crippen LogP contribution is -2.16. The van der Waals surface area contributed by atoms with Gasteiger partial charge in [-0.25, -0.2) is 4.98 Å². The SMILES string of the molecule is CSc1ccc(/C=N\n2cnc3sc(C)c(-c4ccccc4)c3c2=O)cc1. The number of benzene rings is 2. The molecule has 2 aromatic carbocycles. The fraction of sp³-hybridized carbons (Fsp3) is 0.0952. The van der Waals surface area contributed by atoms with Crippen molar-refractivity contribution in [2.45, 2.75) is 11.8 Å². The molecule has 0 aliphatic heterocycles. The van der Waals surface area contributed by atoms with E-state index in [1.165, 1.54) is 27.2 Å². The fourth-order valence-corrected chi connectivity index (χ4v) is 4.36. The quantitative estimate of drug-likeness (QED) is 0.362. The monoisotopic (exact) mass is 391 g/mol. The molecule has 0 aliphatic rings. The summed E-state index contributed by atoms with van der Waals surface area (Å²) in [7, 11) is 0. The van der Waals surface area contributed by atoms with Crippen LogP contribution in [-0.4, -0.2) is 22.1 Å². The lowest BCUT2D eigenvalue weighted by atomic mass is 10.0. The predicted molar refractivity (Wildman–Crippen MR) is 115 cm³/mol. The average molecular weight is 392 g/mol. The van der Waals surface area contributed by atoms with E-state index in [2.05, 4.69) is 10.1 Å². The van der Waals surface area contributed by atoms with Crippen LogP contribution in [0.1, 0.15) is 10.4 Å². The van der Waals surface area contributed by atoms with E-state index < -0.39 is 0 Å². The molecule has 0 bridgehead atoms. The summed E-state index contributed by atoms with van der Waals surface area (Å²) in [6, 6.07) is 18.0. The normalized spacial score (nSPS) is 11.5. The van der Waals surface area contributed by atoms with Crippen molar-refractivity contribution in [1.82, 2.24) is 9.66 Å². The van der Waals surface area contributed by atoms with Crippen LogP contribution in [0.15, 0.2) is 75.7 Å². The van der Waals surface area contributed by atoms with Gasteiger partial charge in [0.25, 0.3) is 5.56 Å². The van der Waals surface area contributed by atoms with Gasteiger partial charge in [0.2, 0.25) is 0 Å². The maximum absolute atomic E-state index is 13.1. The summed E-state index contributed by atoms with van der Waals surface area (Å²) >= 11 is 3.23. The number of nitrogens with zero attached hydrogens (tertiary/aromatic N) is 3. The Kier molecular flexibility index (Phi) is 4.92. The molecule has 4 aromatic rings. The van der Waals surface area contributed by atoms with Crippen molar-refractivity contribution in [3.05, 3.63) is 81.7 Å². The third-order valence-corrected chi connectivity index (χ3v) is 6.04. The number of aromatic nitrogens is 2. The van der Waals surface area contributed by atoms with Crippen LogP contribution in [0.2, 0.25) is 0 Å². The molecule has 4 nitrogen and oxygen atoms in total. The van der Waals surface area contributed by atoms with Crippen LogP contribution in [0.25, 0.3) is 21.3 Å². The lowest BCUT2D eigenvalue weighted by Gasteiger charge is -2.02. The van der Waals surface area contributed by atoms with Gasteiger partial charge in [-0.05, 0) is 36.4 Å². The number of thioether (sulfide) groups is 1. The standard InChI is InChI=1S/C21H17N3OS2/c1-14-18(16-6-4-3-5-7-16)19-20(27-14)22-13-24(21(19)25)23-12-15-8-10-17(26-2)11-9-15/h3-13H,1-2H3/b23-12-. The second-order valence-corrected chi connectivity index (χ2v) is 8.07. The van der Waals surface area contributed by atoms with Crippen LogP contribution >= 0.6 is 23.1 Å². The molecule has 0 radical (unpaired) electrons. The lowest BCUT2D eigenvalue weighted by molar-refractivity contribution is 0.819. The second-order valence-electron chi connectivity index (χ2n) is 5.99. The van der Waals surface area contributed by atoms with Gasteiger partial charge >= 0.3 is 0 Å². The van der Waals surface area contributed by atoms with Gasteiger partial charge in [0.05, 0.1) is 11.6 Å². The van der Waals surface area contributed by atoms with Crippen molar-refractivity contribution in [2.24, 2.45) is 5.10 Å². The molecule has 0 amide bonds. The third kappa shape index (κ3) is 3.46. The average Bonchev–Trinajstić information content (AvgIpc) is 3.05. The van der Waals surface area contributed by atoms with E-state index >= 15 is 0 Å². The van der Waals surface area contributed by atoms with Crippen LogP contribution < -0.4 is 5.56 Å². The van der Waals surface area contributed by atoms with E-state index in [1.54, 1.807) is 18.0 Å². The summed E-state index contributed by atoms with van der Waals surface area (Å²) in [4.78, 5) is 20.5. The number of rotatable bonds is 4. The smallest absolute Gasteiger partial charge is 0.267 e. The molecule has 2 aromatic heterocycles. The zero-order valence-corrected chi connectivity index (χ0v) is 16.6. The number of aryl methyl sites for hydroxylation is 1. The highest BCUT2D eigenvalue weighted by atomic mass is 32.2. The summed E-state index contributed by atoms with van der Waals surface area (Å²) in [5.74, 6) is 0. The predicted octanol–water partition coefficient (Wildman–Crippen LogP) is 5.04. The molecule has 0 saturated carbocycles. The highest BCUT2D eigenvalue weighted by Gasteiger charge is 2.16. The first-order valence-corrected chi connectivity index (χ1v) is 10.5. The van der Waals surface area contributed by atoms with Crippen LogP contribution in [0.4, 0.5) is 0 Å². The molecule has 6 heteroatoms. The third-order valence-electron chi connectivity index (χ3n) is 4.28. The molecule has 0 saturated heterocycles. The minimum atomic E-state index is -0.153.